The fraction of sp³-hybridized carbons (Fsp3) is 0.357. The smallest absolute Gasteiger partial charge is 0.128 e. The molecule has 0 aliphatic carbocycles. The Morgan fingerprint density at radius 1 is 1.37 bits per heavy atom. The molecule has 1 unspecified atom stereocenters. The molecule has 0 saturated carbocycles. The van der Waals surface area contributed by atoms with Gasteiger partial charge in [-0.3, -0.25) is 4.90 Å². The third kappa shape index (κ3) is 3.56. The Morgan fingerprint density at radius 2 is 2.05 bits per heavy atom. The van der Waals surface area contributed by atoms with Crippen molar-refractivity contribution < 1.29 is 5.11 Å². The summed E-state index contributed by atoms with van der Waals surface area (Å²) in [4.78, 5) is 6.27. The Morgan fingerprint density at radius 3 is 2.63 bits per heavy atom. The van der Waals surface area contributed by atoms with Crippen LogP contribution in [0.25, 0.3) is 0 Å². The second kappa shape index (κ2) is 6.19. The molecule has 4 nitrogen and oxygen atoms in total. The lowest BCUT2D eigenvalue weighted by molar-refractivity contribution is 0.122. The number of benzene rings is 1. The zero-order chi connectivity index (χ0) is 13.8. The van der Waals surface area contributed by atoms with Gasteiger partial charge >= 0.3 is 0 Å². The first-order valence-electron chi connectivity index (χ1n) is 6.15. The van der Waals surface area contributed by atoms with Gasteiger partial charge in [0, 0.05) is 13.6 Å². The number of hydrogen-bond acceptors (Lipinski definition) is 3. The van der Waals surface area contributed by atoms with Crippen LogP contribution < -0.4 is 0 Å². The number of aromatic nitrogens is 2. The quantitative estimate of drug-likeness (QED) is 0.913. The molecule has 102 valence electrons. The number of rotatable bonds is 5. The monoisotopic (exact) mass is 279 g/mol. The van der Waals surface area contributed by atoms with Gasteiger partial charge in [0.05, 0.1) is 18.8 Å². The predicted octanol–water partition coefficient (Wildman–Crippen LogP) is 2.24. The molecule has 2 aromatic rings. The lowest BCUT2D eigenvalue weighted by atomic mass is 10.1. The standard InChI is InChI=1S/C14H18ClN3O/c1-17(10-14-16-8-13(15)18(14)2)9-12(19)11-6-4-3-5-7-11/h3-8,12,19H,9-10H2,1-2H3. The number of imidazole rings is 1. The van der Waals surface area contributed by atoms with Crippen LogP contribution in [0.3, 0.4) is 0 Å². The Hall–Kier alpha value is -1.36. The van der Waals surface area contributed by atoms with Crippen LogP contribution in [0.4, 0.5) is 0 Å². The topological polar surface area (TPSA) is 41.3 Å². The maximum absolute atomic E-state index is 10.1. The van der Waals surface area contributed by atoms with Crippen LogP contribution in [0, 0.1) is 0 Å². The lowest BCUT2D eigenvalue weighted by Gasteiger charge is -2.20. The minimum atomic E-state index is -0.498. The molecule has 0 aliphatic rings. The fourth-order valence-corrected chi connectivity index (χ4v) is 2.10. The molecule has 0 amide bonds. The molecule has 0 radical (unpaired) electrons. The molecule has 2 rings (SSSR count). The summed E-state index contributed by atoms with van der Waals surface area (Å²) in [5, 5.41) is 10.8. The van der Waals surface area contributed by atoms with Gasteiger partial charge < -0.3 is 9.67 Å². The molecule has 1 aromatic heterocycles. The van der Waals surface area contributed by atoms with E-state index in [-0.39, 0.29) is 0 Å². The first kappa shape index (κ1) is 14.1. The largest absolute Gasteiger partial charge is 0.387 e. The van der Waals surface area contributed by atoms with Crippen LogP contribution in [0.15, 0.2) is 36.5 Å². The predicted molar refractivity (Wildman–Crippen MR) is 76.0 cm³/mol. The Bertz CT molecular complexity index is 527. The summed E-state index contributed by atoms with van der Waals surface area (Å²) in [5.41, 5.74) is 0.923. The van der Waals surface area contributed by atoms with Gasteiger partial charge in [-0.2, -0.15) is 0 Å². The van der Waals surface area contributed by atoms with Gasteiger partial charge in [-0.25, -0.2) is 4.98 Å². The SMILES string of the molecule is CN(Cc1ncc(Cl)n1C)CC(O)c1ccccc1. The van der Waals surface area contributed by atoms with E-state index in [1.165, 1.54) is 0 Å². The number of hydrogen-bond donors (Lipinski definition) is 1. The fourth-order valence-electron chi connectivity index (χ4n) is 1.95. The number of halogens is 1. The van der Waals surface area contributed by atoms with E-state index in [1.807, 2.05) is 53.9 Å². The van der Waals surface area contributed by atoms with Crippen molar-refractivity contribution in [3.8, 4) is 0 Å². The van der Waals surface area contributed by atoms with Crippen molar-refractivity contribution in [3.63, 3.8) is 0 Å². The number of nitrogens with zero attached hydrogens (tertiary/aromatic N) is 3. The summed E-state index contributed by atoms with van der Waals surface area (Å²) in [6.45, 7) is 1.20. The Kier molecular flexibility index (Phi) is 4.58. The number of aliphatic hydroxyl groups excluding tert-OH is 1. The molecule has 0 bridgehead atoms. The molecule has 1 heterocycles. The van der Waals surface area contributed by atoms with Gasteiger partial charge in [0.15, 0.2) is 0 Å². The van der Waals surface area contributed by atoms with E-state index in [1.54, 1.807) is 6.20 Å². The van der Waals surface area contributed by atoms with E-state index >= 15 is 0 Å². The highest BCUT2D eigenvalue weighted by Gasteiger charge is 2.13. The number of likely N-dealkylation sites (N-methyl/N-ethyl adjacent to an activating group) is 1. The van der Waals surface area contributed by atoms with E-state index in [2.05, 4.69) is 4.98 Å². The third-order valence-corrected chi connectivity index (χ3v) is 3.46. The second-order valence-electron chi connectivity index (χ2n) is 4.68. The zero-order valence-corrected chi connectivity index (χ0v) is 11.9. The summed E-state index contributed by atoms with van der Waals surface area (Å²) in [5.74, 6) is 0.882. The molecule has 0 aliphatic heterocycles. The Balaban J connectivity index is 1.94. The van der Waals surface area contributed by atoms with Crippen molar-refractivity contribution in [2.45, 2.75) is 12.6 Å². The van der Waals surface area contributed by atoms with Crippen molar-refractivity contribution in [3.05, 3.63) is 53.1 Å². The molecule has 0 saturated heterocycles. The summed E-state index contributed by atoms with van der Waals surface area (Å²) in [7, 11) is 3.83. The van der Waals surface area contributed by atoms with Crippen LogP contribution in [-0.4, -0.2) is 33.1 Å². The van der Waals surface area contributed by atoms with Crippen molar-refractivity contribution in [1.29, 1.82) is 0 Å². The van der Waals surface area contributed by atoms with Gasteiger partial charge in [-0.15, -0.1) is 0 Å². The minimum Gasteiger partial charge on any atom is -0.387 e. The van der Waals surface area contributed by atoms with E-state index in [4.69, 9.17) is 11.6 Å². The maximum Gasteiger partial charge on any atom is 0.128 e. The maximum atomic E-state index is 10.1. The molecular weight excluding hydrogens is 262 g/mol. The second-order valence-corrected chi connectivity index (χ2v) is 5.07. The summed E-state index contributed by atoms with van der Waals surface area (Å²) in [6.07, 6.45) is 1.14. The van der Waals surface area contributed by atoms with Crippen molar-refractivity contribution in [2.75, 3.05) is 13.6 Å². The van der Waals surface area contributed by atoms with Crippen molar-refractivity contribution in [1.82, 2.24) is 14.5 Å². The number of aliphatic hydroxyl groups is 1. The first-order chi connectivity index (χ1) is 9.08. The molecule has 1 aromatic carbocycles. The highest BCUT2D eigenvalue weighted by Crippen LogP contribution is 2.15. The normalized spacial score (nSPS) is 12.9. The van der Waals surface area contributed by atoms with Gasteiger partial charge in [0.1, 0.15) is 11.0 Å². The van der Waals surface area contributed by atoms with Gasteiger partial charge in [-0.1, -0.05) is 41.9 Å². The molecule has 0 spiro atoms. The summed E-state index contributed by atoms with van der Waals surface area (Å²) < 4.78 is 1.84. The van der Waals surface area contributed by atoms with Crippen LogP contribution in [0.1, 0.15) is 17.5 Å². The van der Waals surface area contributed by atoms with E-state index < -0.39 is 6.10 Å². The van der Waals surface area contributed by atoms with Crippen molar-refractivity contribution in [2.24, 2.45) is 7.05 Å². The molecule has 0 fully saturated rings. The van der Waals surface area contributed by atoms with E-state index in [0.717, 1.165) is 11.4 Å². The van der Waals surface area contributed by atoms with Gasteiger partial charge in [0.25, 0.3) is 0 Å². The lowest BCUT2D eigenvalue weighted by Crippen LogP contribution is -2.25. The Labute approximate surface area is 118 Å². The first-order valence-corrected chi connectivity index (χ1v) is 6.53. The van der Waals surface area contributed by atoms with Gasteiger partial charge in [0.2, 0.25) is 0 Å². The van der Waals surface area contributed by atoms with E-state index in [0.29, 0.717) is 18.2 Å². The van der Waals surface area contributed by atoms with Crippen molar-refractivity contribution >= 4 is 11.6 Å². The zero-order valence-electron chi connectivity index (χ0n) is 11.1. The molecule has 5 heteroatoms. The van der Waals surface area contributed by atoms with Crippen LogP contribution in [0.2, 0.25) is 5.15 Å². The third-order valence-electron chi connectivity index (χ3n) is 3.11. The molecule has 1 atom stereocenters. The van der Waals surface area contributed by atoms with Crippen LogP contribution in [0.5, 0.6) is 0 Å². The minimum absolute atomic E-state index is 0.498. The molecule has 1 N–H and O–H groups in total. The average molecular weight is 280 g/mol. The highest BCUT2D eigenvalue weighted by atomic mass is 35.5. The van der Waals surface area contributed by atoms with E-state index in [9.17, 15) is 5.11 Å². The average Bonchev–Trinajstić information content (AvgIpc) is 2.71. The summed E-state index contributed by atoms with van der Waals surface area (Å²) in [6, 6.07) is 9.65. The summed E-state index contributed by atoms with van der Waals surface area (Å²) >= 11 is 5.95. The molecule has 19 heavy (non-hydrogen) atoms. The van der Waals surface area contributed by atoms with Crippen LogP contribution >= 0.6 is 11.6 Å². The van der Waals surface area contributed by atoms with Gasteiger partial charge in [-0.05, 0) is 12.6 Å². The highest BCUT2D eigenvalue weighted by molar-refractivity contribution is 6.29. The molecular formula is C14H18ClN3O. The van der Waals surface area contributed by atoms with Crippen LogP contribution in [-0.2, 0) is 13.6 Å².